The molecular weight excluding hydrogens is 312 g/mol. The number of phenols is 1. The lowest BCUT2D eigenvalue weighted by Gasteiger charge is -2.00. The number of rotatable bonds is 3. The minimum Gasteiger partial charge on any atom is -0.507 e. The number of carbonyl (C=O) groups excluding carboxylic acids is 1. The van der Waals surface area contributed by atoms with Gasteiger partial charge < -0.3 is 10.2 Å². The molecule has 1 aromatic heterocycles. The summed E-state index contributed by atoms with van der Waals surface area (Å²) in [5.74, 6) is -0.448. The Kier molecular flexibility index (Phi) is 3.99. The maximum Gasteiger partial charge on any atom is 0.285 e. The van der Waals surface area contributed by atoms with Gasteiger partial charge >= 0.3 is 0 Å². The van der Waals surface area contributed by atoms with Crippen molar-refractivity contribution in [2.75, 3.05) is 0 Å². The Labute approximate surface area is 136 Å². The van der Waals surface area contributed by atoms with E-state index < -0.39 is 5.91 Å². The van der Waals surface area contributed by atoms with Crippen LogP contribution in [0, 0.1) is 6.92 Å². The number of hydrazone groups is 1. The van der Waals surface area contributed by atoms with Crippen LogP contribution in [-0.4, -0.2) is 22.3 Å². The molecule has 0 bridgehead atoms. The van der Waals surface area contributed by atoms with E-state index in [4.69, 9.17) is 0 Å². The molecule has 23 heavy (non-hydrogen) atoms. The molecule has 0 aliphatic rings. The molecular formula is C17H14N2O3S. The number of aryl methyl sites for hydroxylation is 1. The quantitative estimate of drug-likeness (QED) is 0.510. The Morgan fingerprint density at radius 2 is 2.00 bits per heavy atom. The highest BCUT2D eigenvalue weighted by Crippen LogP contribution is 2.36. The number of thiophene rings is 1. The normalized spacial score (nSPS) is 11.2. The van der Waals surface area contributed by atoms with Crippen molar-refractivity contribution in [2.24, 2.45) is 5.10 Å². The summed E-state index contributed by atoms with van der Waals surface area (Å²) in [6.07, 6.45) is 1.36. The lowest BCUT2D eigenvalue weighted by molar-refractivity contribution is 0.0957. The van der Waals surface area contributed by atoms with Crippen molar-refractivity contribution >= 4 is 33.5 Å². The molecule has 0 aliphatic heterocycles. The van der Waals surface area contributed by atoms with Crippen molar-refractivity contribution in [3.05, 3.63) is 58.5 Å². The van der Waals surface area contributed by atoms with E-state index >= 15 is 0 Å². The van der Waals surface area contributed by atoms with Gasteiger partial charge in [-0.3, -0.25) is 4.79 Å². The summed E-state index contributed by atoms with van der Waals surface area (Å²) in [5.41, 5.74) is 3.79. The third kappa shape index (κ3) is 3.02. The van der Waals surface area contributed by atoms with Crippen molar-refractivity contribution in [3.63, 3.8) is 0 Å². The summed E-state index contributed by atoms with van der Waals surface area (Å²) in [6.45, 7) is 1.87. The van der Waals surface area contributed by atoms with Gasteiger partial charge in [0, 0.05) is 15.6 Å². The summed E-state index contributed by atoms with van der Waals surface area (Å²) in [5, 5.41) is 24.4. The SMILES string of the molecule is Cc1ccc(/C=N\NC(=O)c2sc3ccccc3c2O)c(O)c1. The molecule has 0 spiro atoms. The molecule has 2 aromatic carbocycles. The van der Waals surface area contributed by atoms with E-state index in [9.17, 15) is 15.0 Å². The van der Waals surface area contributed by atoms with Crippen molar-refractivity contribution in [2.45, 2.75) is 6.92 Å². The average molecular weight is 326 g/mol. The van der Waals surface area contributed by atoms with E-state index in [1.807, 2.05) is 25.1 Å². The van der Waals surface area contributed by atoms with Crippen LogP contribution in [0.15, 0.2) is 47.6 Å². The Bertz CT molecular complexity index is 915. The molecule has 3 rings (SSSR count). The smallest absolute Gasteiger partial charge is 0.285 e. The summed E-state index contributed by atoms with van der Waals surface area (Å²) < 4.78 is 0.829. The maximum absolute atomic E-state index is 12.1. The van der Waals surface area contributed by atoms with E-state index in [-0.39, 0.29) is 16.4 Å². The highest BCUT2D eigenvalue weighted by Gasteiger charge is 2.17. The fraction of sp³-hybridized carbons (Fsp3) is 0.0588. The highest BCUT2D eigenvalue weighted by atomic mass is 32.1. The van der Waals surface area contributed by atoms with Crippen LogP contribution in [0.2, 0.25) is 0 Å². The molecule has 6 heteroatoms. The molecule has 0 radical (unpaired) electrons. The van der Waals surface area contributed by atoms with Crippen LogP contribution in [0.25, 0.3) is 10.1 Å². The van der Waals surface area contributed by atoms with Gasteiger partial charge in [0.2, 0.25) is 0 Å². The predicted molar refractivity (Wildman–Crippen MR) is 91.4 cm³/mol. The van der Waals surface area contributed by atoms with Crippen LogP contribution in [0.3, 0.4) is 0 Å². The number of hydrogen-bond acceptors (Lipinski definition) is 5. The van der Waals surface area contributed by atoms with Crippen LogP contribution in [0.5, 0.6) is 11.5 Å². The van der Waals surface area contributed by atoms with Gasteiger partial charge in [0.05, 0.1) is 6.21 Å². The van der Waals surface area contributed by atoms with E-state index in [1.165, 1.54) is 17.6 Å². The van der Waals surface area contributed by atoms with Gasteiger partial charge in [-0.25, -0.2) is 5.43 Å². The molecule has 0 atom stereocenters. The molecule has 3 N–H and O–H groups in total. The fourth-order valence-corrected chi connectivity index (χ4v) is 3.15. The first-order valence-electron chi connectivity index (χ1n) is 6.90. The molecule has 0 unspecified atom stereocenters. The van der Waals surface area contributed by atoms with E-state index in [0.29, 0.717) is 10.9 Å². The van der Waals surface area contributed by atoms with E-state index in [2.05, 4.69) is 10.5 Å². The number of aromatic hydroxyl groups is 2. The monoisotopic (exact) mass is 326 g/mol. The Balaban J connectivity index is 1.78. The molecule has 0 saturated carbocycles. The molecule has 0 aliphatic carbocycles. The second kappa shape index (κ2) is 6.10. The average Bonchev–Trinajstić information content (AvgIpc) is 2.87. The summed E-state index contributed by atoms with van der Waals surface area (Å²) in [4.78, 5) is 12.3. The van der Waals surface area contributed by atoms with Gasteiger partial charge in [-0.05, 0) is 36.8 Å². The first-order chi connectivity index (χ1) is 11.1. The second-order valence-electron chi connectivity index (χ2n) is 5.04. The highest BCUT2D eigenvalue weighted by molar-refractivity contribution is 7.21. The number of amides is 1. The largest absolute Gasteiger partial charge is 0.507 e. The van der Waals surface area contributed by atoms with Gasteiger partial charge in [0.1, 0.15) is 16.4 Å². The number of nitrogens with zero attached hydrogens (tertiary/aromatic N) is 1. The van der Waals surface area contributed by atoms with Crippen LogP contribution in [0.4, 0.5) is 0 Å². The molecule has 116 valence electrons. The topological polar surface area (TPSA) is 81.9 Å². The number of phenolic OH excluding ortho intramolecular Hbond substituents is 1. The minimum absolute atomic E-state index is 0.0449. The zero-order valence-corrected chi connectivity index (χ0v) is 13.1. The number of benzene rings is 2. The van der Waals surface area contributed by atoms with Crippen molar-refractivity contribution in [1.29, 1.82) is 0 Å². The van der Waals surface area contributed by atoms with Crippen molar-refractivity contribution in [3.8, 4) is 11.5 Å². The van der Waals surface area contributed by atoms with Crippen LogP contribution in [-0.2, 0) is 0 Å². The van der Waals surface area contributed by atoms with Crippen LogP contribution >= 0.6 is 11.3 Å². The Hall–Kier alpha value is -2.86. The zero-order chi connectivity index (χ0) is 16.4. The maximum atomic E-state index is 12.1. The number of hydrogen-bond donors (Lipinski definition) is 3. The molecule has 1 amide bonds. The van der Waals surface area contributed by atoms with Gasteiger partial charge in [-0.15, -0.1) is 11.3 Å². The third-order valence-electron chi connectivity index (χ3n) is 3.33. The standard InChI is InChI=1S/C17H14N2O3S/c1-10-6-7-11(13(20)8-10)9-18-19-17(22)16-15(21)12-4-2-3-5-14(12)23-16/h2-9,20-21H,1H3,(H,19,22)/b18-9-. The molecule has 5 nitrogen and oxygen atoms in total. The van der Waals surface area contributed by atoms with E-state index in [0.717, 1.165) is 10.3 Å². The van der Waals surface area contributed by atoms with Gasteiger partial charge in [-0.1, -0.05) is 18.2 Å². The van der Waals surface area contributed by atoms with Crippen molar-refractivity contribution in [1.82, 2.24) is 5.43 Å². The summed E-state index contributed by atoms with van der Waals surface area (Å²) >= 11 is 1.20. The first-order valence-corrected chi connectivity index (χ1v) is 7.71. The Morgan fingerprint density at radius 3 is 2.74 bits per heavy atom. The van der Waals surface area contributed by atoms with Gasteiger partial charge in [0.15, 0.2) is 0 Å². The van der Waals surface area contributed by atoms with E-state index in [1.54, 1.807) is 24.3 Å². The zero-order valence-electron chi connectivity index (χ0n) is 12.3. The summed E-state index contributed by atoms with van der Waals surface area (Å²) in [7, 11) is 0. The molecule has 3 aromatic rings. The minimum atomic E-state index is -0.494. The lowest BCUT2D eigenvalue weighted by atomic mass is 10.1. The second-order valence-corrected chi connectivity index (χ2v) is 6.09. The van der Waals surface area contributed by atoms with Crippen LogP contribution in [0.1, 0.15) is 20.8 Å². The molecule has 0 fully saturated rings. The van der Waals surface area contributed by atoms with Gasteiger partial charge in [-0.2, -0.15) is 5.10 Å². The molecule has 1 heterocycles. The van der Waals surface area contributed by atoms with Gasteiger partial charge in [0.25, 0.3) is 5.91 Å². The predicted octanol–water partition coefficient (Wildman–Crippen LogP) is 3.38. The Morgan fingerprint density at radius 1 is 1.22 bits per heavy atom. The van der Waals surface area contributed by atoms with Crippen LogP contribution < -0.4 is 5.43 Å². The number of carbonyl (C=O) groups is 1. The lowest BCUT2D eigenvalue weighted by Crippen LogP contribution is -2.16. The number of nitrogens with one attached hydrogen (secondary N) is 1. The number of fused-ring (bicyclic) bond motifs is 1. The summed E-state index contributed by atoms with van der Waals surface area (Å²) in [6, 6.07) is 12.4. The molecule has 0 saturated heterocycles. The first kappa shape index (κ1) is 15.1. The third-order valence-corrected chi connectivity index (χ3v) is 4.49. The van der Waals surface area contributed by atoms with Crippen molar-refractivity contribution < 1.29 is 15.0 Å². The fourth-order valence-electron chi connectivity index (χ4n) is 2.16.